The smallest absolute Gasteiger partial charge is 0.294 e. The van der Waals surface area contributed by atoms with E-state index in [0.717, 1.165) is 47.0 Å². The number of hydrogen-bond acceptors (Lipinski definition) is 5. The van der Waals surface area contributed by atoms with Crippen LogP contribution in [-0.2, 0) is 16.1 Å². The number of piperidine rings is 1. The lowest BCUT2D eigenvalue weighted by atomic mass is 10.1. The zero-order valence-electron chi connectivity index (χ0n) is 15.8. The van der Waals surface area contributed by atoms with Gasteiger partial charge < -0.3 is 9.47 Å². The molecule has 2 aromatic rings. The number of carbonyl (C=O) groups excluding carboxylic acids is 3. The highest BCUT2D eigenvalue weighted by Crippen LogP contribution is 2.32. The van der Waals surface area contributed by atoms with Gasteiger partial charge in [-0.05, 0) is 50.1 Å². The first-order valence-electron chi connectivity index (χ1n) is 9.57. The number of rotatable bonds is 4. The average molecular weight is 398 g/mol. The van der Waals surface area contributed by atoms with Crippen molar-refractivity contribution in [2.24, 2.45) is 0 Å². The van der Waals surface area contributed by atoms with Crippen LogP contribution in [-0.4, -0.2) is 56.0 Å². The second kappa shape index (κ2) is 7.79. The molecule has 1 aromatic heterocycles. The number of aromatic nitrogens is 2. The van der Waals surface area contributed by atoms with Crippen LogP contribution in [0.4, 0.5) is 4.79 Å². The van der Waals surface area contributed by atoms with Gasteiger partial charge in [0.1, 0.15) is 12.4 Å². The summed E-state index contributed by atoms with van der Waals surface area (Å²) < 4.78 is 2.00. The predicted molar refractivity (Wildman–Crippen MR) is 109 cm³/mol. The Morgan fingerprint density at radius 2 is 1.93 bits per heavy atom. The van der Waals surface area contributed by atoms with Crippen molar-refractivity contribution >= 4 is 45.9 Å². The van der Waals surface area contributed by atoms with Gasteiger partial charge >= 0.3 is 0 Å². The summed E-state index contributed by atoms with van der Waals surface area (Å²) in [5.41, 5.74) is 1.82. The standard InChI is InChI=1S/C20H22N4O3S/c1-2-23-15-9-5-4-8-14(15)21-17(23)12-16-19(26)24(20(27)28-16)13-18(25)22-10-6-3-7-11-22/h4-5,8-9,12H,2-3,6-7,10-11,13H2,1H3/b16-12-. The fourth-order valence-electron chi connectivity index (χ4n) is 3.67. The van der Waals surface area contributed by atoms with Gasteiger partial charge in [0.25, 0.3) is 11.1 Å². The van der Waals surface area contributed by atoms with E-state index in [1.807, 2.05) is 35.8 Å². The maximum atomic E-state index is 12.8. The van der Waals surface area contributed by atoms with Crippen LogP contribution in [0, 0.1) is 0 Å². The fraction of sp³-hybridized carbons (Fsp3) is 0.400. The van der Waals surface area contributed by atoms with Gasteiger partial charge in [0.2, 0.25) is 5.91 Å². The van der Waals surface area contributed by atoms with Crippen molar-refractivity contribution in [2.45, 2.75) is 32.7 Å². The Labute approximate surface area is 167 Å². The number of thioether (sulfide) groups is 1. The van der Waals surface area contributed by atoms with Crippen LogP contribution < -0.4 is 0 Å². The summed E-state index contributed by atoms with van der Waals surface area (Å²) in [4.78, 5) is 45.3. The van der Waals surface area contributed by atoms with Crippen molar-refractivity contribution in [1.29, 1.82) is 0 Å². The molecule has 2 aliphatic heterocycles. The van der Waals surface area contributed by atoms with E-state index in [4.69, 9.17) is 0 Å². The van der Waals surface area contributed by atoms with Crippen LogP contribution >= 0.6 is 11.8 Å². The lowest BCUT2D eigenvalue weighted by Gasteiger charge is -2.27. The van der Waals surface area contributed by atoms with Gasteiger partial charge in [0.05, 0.1) is 15.9 Å². The second-order valence-corrected chi connectivity index (χ2v) is 7.91. The molecule has 0 radical (unpaired) electrons. The third kappa shape index (κ3) is 3.44. The van der Waals surface area contributed by atoms with Crippen LogP contribution in [0.15, 0.2) is 29.2 Å². The number of imide groups is 1. The molecule has 7 nitrogen and oxygen atoms in total. The number of nitrogens with zero attached hydrogens (tertiary/aromatic N) is 4. The van der Waals surface area contributed by atoms with Gasteiger partial charge in [-0.25, -0.2) is 4.98 Å². The SMILES string of the molecule is CCn1c(/C=C2\SC(=O)N(CC(=O)N3CCCCC3)C2=O)nc2ccccc21. The molecule has 0 atom stereocenters. The van der Waals surface area contributed by atoms with Crippen LogP contribution in [0.5, 0.6) is 0 Å². The van der Waals surface area contributed by atoms with Gasteiger partial charge in [-0.3, -0.25) is 19.3 Å². The van der Waals surface area contributed by atoms with Crippen LogP contribution in [0.3, 0.4) is 0 Å². The van der Waals surface area contributed by atoms with Crippen molar-refractivity contribution in [1.82, 2.24) is 19.4 Å². The number of para-hydroxylation sites is 2. The first kappa shape index (κ1) is 18.7. The van der Waals surface area contributed by atoms with E-state index in [1.54, 1.807) is 11.0 Å². The van der Waals surface area contributed by atoms with Gasteiger partial charge in [-0.2, -0.15) is 0 Å². The quantitative estimate of drug-likeness (QED) is 0.740. The van der Waals surface area contributed by atoms with Gasteiger partial charge in [-0.15, -0.1) is 0 Å². The van der Waals surface area contributed by atoms with Crippen LogP contribution in [0.2, 0.25) is 0 Å². The number of benzene rings is 1. The molecule has 0 saturated carbocycles. The molecular weight excluding hydrogens is 376 g/mol. The highest BCUT2D eigenvalue weighted by molar-refractivity contribution is 8.18. The Balaban J connectivity index is 1.56. The third-order valence-electron chi connectivity index (χ3n) is 5.14. The molecule has 0 spiro atoms. The number of aryl methyl sites for hydroxylation is 1. The van der Waals surface area contributed by atoms with Crippen molar-refractivity contribution in [2.75, 3.05) is 19.6 Å². The first-order valence-corrected chi connectivity index (χ1v) is 10.4. The molecule has 4 rings (SSSR count). The fourth-order valence-corrected chi connectivity index (χ4v) is 4.48. The van der Waals surface area contributed by atoms with E-state index in [0.29, 0.717) is 30.4 Å². The van der Waals surface area contributed by atoms with Crippen LogP contribution in [0.1, 0.15) is 32.0 Å². The molecule has 2 saturated heterocycles. The normalized spacial score (nSPS) is 19.2. The summed E-state index contributed by atoms with van der Waals surface area (Å²) in [5, 5.41) is -0.402. The topological polar surface area (TPSA) is 75.5 Å². The van der Waals surface area contributed by atoms with Crippen molar-refractivity contribution in [3.63, 3.8) is 0 Å². The number of amides is 3. The van der Waals surface area contributed by atoms with Crippen molar-refractivity contribution < 1.29 is 14.4 Å². The zero-order valence-corrected chi connectivity index (χ0v) is 16.6. The molecule has 8 heteroatoms. The molecule has 2 aliphatic rings. The minimum atomic E-state index is -0.421. The molecule has 3 heterocycles. The summed E-state index contributed by atoms with van der Waals surface area (Å²) in [7, 11) is 0. The van der Waals surface area contributed by atoms with E-state index in [-0.39, 0.29) is 12.5 Å². The highest BCUT2D eigenvalue weighted by atomic mass is 32.2. The summed E-state index contributed by atoms with van der Waals surface area (Å²) in [6.07, 6.45) is 4.72. The Bertz CT molecular complexity index is 975. The molecule has 0 aliphatic carbocycles. The molecule has 28 heavy (non-hydrogen) atoms. The molecule has 2 fully saturated rings. The second-order valence-electron chi connectivity index (χ2n) is 6.91. The van der Waals surface area contributed by atoms with Gasteiger partial charge in [-0.1, -0.05) is 12.1 Å². The Kier molecular flexibility index (Phi) is 5.21. The van der Waals surface area contributed by atoms with E-state index in [2.05, 4.69) is 4.98 Å². The maximum Gasteiger partial charge on any atom is 0.294 e. The Morgan fingerprint density at radius 1 is 1.18 bits per heavy atom. The molecule has 0 bridgehead atoms. The minimum absolute atomic E-state index is 0.163. The molecule has 0 N–H and O–H groups in total. The van der Waals surface area contributed by atoms with E-state index >= 15 is 0 Å². The lowest BCUT2D eigenvalue weighted by Crippen LogP contribution is -2.44. The van der Waals surface area contributed by atoms with Crippen LogP contribution in [0.25, 0.3) is 17.1 Å². The molecule has 3 amide bonds. The van der Waals surface area contributed by atoms with E-state index in [1.165, 1.54) is 0 Å². The van der Waals surface area contributed by atoms with Gasteiger partial charge in [0, 0.05) is 25.7 Å². The maximum absolute atomic E-state index is 12.8. The monoisotopic (exact) mass is 398 g/mol. The molecular formula is C20H22N4O3S. The number of carbonyl (C=O) groups is 3. The van der Waals surface area contributed by atoms with Gasteiger partial charge in [0.15, 0.2) is 0 Å². The third-order valence-corrected chi connectivity index (χ3v) is 6.04. The highest BCUT2D eigenvalue weighted by Gasteiger charge is 2.37. The summed E-state index contributed by atoms with van der Waals surface area (Å²) in [5.74, 6) is 0.0515. The Hall–Kier alpha value is -2.61. The summed E-state index contributed by atoms with van der Waals surface area (Å²) >= 11 is 0.869. The lowest BCUT2D eigenvalue weighted by molar-refractivity contribution is -0.136. The largest absolute Gasteiger partial charge is 0.341 e. The molecule has 0 unspecified atom stereocenters. The number of hydrogen-bond donors (Lipinski definition) is 0. The van der Waals surface area contributed by atoms with E-state index < -0.39 is 11.1 Å². The first-order chi connectivity index (χ1) is 13.6. The average Bonchev–Trinajstić information content (AvgIpc) is 3.20. The number of imidazole rings is 1. The zero-order chi connectivity index (χ0) is 19.7. The number of fused-ring (bicyclic) bond motifs is 1. The molecule has 146 valence electrons. The molecule has 1 aromatic carbocycles. The minimum Gasteiger partial charge on any atom is -0.341 e. The summed E-state index contributed by atoms with van der Waals surface area (Å²) in [6.45, 7) is 3.92. The Morgan fingerprint density at radius 3 is 2.68 bits per heavy atom. The summed E-state index contributed by atoms with van der Waals surface area (Å²) in [6, 6.07) is 7.76. The predicted octanol–water partition coefficient (Wildman–Crippen LogP) is 3.11. The van der Waals surface area contributed by atoms with Crippen molar-refractivity contribution in [3.05, 3.63) is 35.0 Å². The van der Waals surface area contributed by atoms with E-state index in [9.17, 15) is 14.4 Å². The number of likely N-dealkylation sites (tertiary alicyclic amines) is 1. The van der Waals surface area contributed by atoms with Crippen molar-refractivity contribution in [3.8, 4) is 0 Å².